The van der Waals surface area contributed by atoms with Crippen molar-refractivity contribution in [3.63, 3.8) is 0 Å². The minimum atomic E-state index is -2.72. The topological polar surface area (TPSA) is 46.2 Å². The molecule has 11 heavy (non-hydrogen) atoms. The molecular weight excluding hydrogens is 186 g/mol. The number of hydrogen-bond donors (Lipinski definition) is 1. The Morgan fingerprint density at radius 1 is 1.45 bits per heavy atom. The molecule has 1 fully saturated rings. The van der Waals surface area contributed by atoms with Crippen LogP contribution in [0.25, 0.3) is 0 Å². The zero-order chi connectivity index (χ0) is 7.61. The molecule has 3 nitrogen and oxygen atoms in total. The summed E-state index contributed by atoms with van der Waals surface area (Å²) in [5.41, 5.74) is 0. The molecule has 1 N–H and O–H groups in total. The summed E-state index contributed by atoms with van der Waals surface area (Å²) in [6.07, 6.45) is 0. The number of halogens is 1. The van der Waals surface area contributed by atoms with Crippen LogP contribution in [0, 0.1) is 5.92 Å². The van der Waals surface area contributed by atoms with Crippen LogP contribution in [0.4, 0.5) is 0 Å². The van der Waals surface area contributed by atoms with Crippen molar-refractivity contribution >= 4 is 22.2 Å². The van der Waals surface area contributed by atoms with Gasteiger partial charge in [-0.05, 0) is 5.92 Å². The molecule has 0 unspecified atom stereocenters. The molecule has 68 valence electrons. The molecule has 1 heterocycles. The molecule has 0 bridgehead atoms. The van der Waals surface area contributed by atoms with Crippen LogP contribution in [-0.2, 0) is 9.84 Å². The van der Waals surface area contributed by atoms with Crippen molar-refractivity contribution in [2.24, 2.45) is 5.92 Å². The molecule has 0 aliphatic carbocycles. The van der Waals surface area contributed by atoms with Crippen LogP contribution in [0.3, 0.4) is 0 Å². The molecule has 0 aromatic carbocycles. The zero-order valence-electron chi connectivity index (χ0n) is 6.54. The zero-order valence-corrected chi connectivity index (χ0v) is 8.17. The van der Waals surface area contributed by atoms with E-state index in [2.05, 4.69) is 5.32 Å². The van der Waals surface area contributed by atoms with Crippen LogP contribution >= 0.6 is 12.4 Å². The van der Waals surface area contributed by atoms with Gasteiger partial charge in [-0.3, -0.25) is 0 Å². The third-order valence-electron chi connectivity index (χ3n) is 1.80. The highest BCUT2D eigenvalue weighted by atomic mass is 35.5. The van der Waals surface area contributed by atoms with Crippen LogP contribution < -0.4 is 5.32 Å². The summed E-state index contributed by atoms with van der Waals surface area (Å²) in [6, 6.07) is 0. The molecule has 0 aromatic rings. The van der Waals surface area contributed by atoms with E-state index in [-0.39, 0.29) is 18.2 Å². The molecule has 0 radical (unpaired) electrons. The summed E-state index contributed by atoms with van der Waals surface area (Å²) < 4.78 is 21.9. The Bertz CT molecular complexity index is 199. The summed E-state index contributed by atoms with van der Waals surface area (Å²) >= 11 is 0. The lowest BCUT2D eigenvalue weighted by Crippen LogP contribution is -2.45. The first-order valence-corrected chi connectivity index (χ1v) is 5.37. The Morgan fingerprint density at radius 3 is 2.27 bits per heavy atom. The Kier molecular flexibility index (Phi) is 4.36. The standard InChI is InChI=1S/C6H13NO2S.ClH/c1-2-10(8,9)5-6-3-7-4-6;/h6-7H,2-5H2,1H3;1H. The van der Waals surface area contributed by atoms with Crippen molar-refractivity contribution in [3.05, 3.63) is 0 Å². The first-order chi connectivity index (χ1) is 4.64. The normalized spacial score (nSPS) is 18.6. The first-order valence-electron chi connectivity index (χ1n) is 3.55. The maximum atomic E-state index is 11.0. The van der Waals surface area contributed by atoms with E-state index in [9.17, 15) is 8.42 Å². The van der Waals surface area contributed by atoms with Gasteiger partial charge in [0, 0.05) is 18.8 Å². The van der Waals surface area contributed by atoms with Gasteiger partial charge >= 0.3 is 0 Å². The van der Waals surface area contributed by atoms with Gasteiger partial charge in [0.15, 0.2) is 0 Å². The molecule has 0 atom stereocenters. The maximum absolute atomic E-state index is 11.0. The van der Waals surface area contributed by atoms with Crippen molar-refractivity contribution in [3.8, 4) is 0 Å². The second kappa shape index (κ2) is 4.28. The van der Waals surface area contributed by atoms with Gasteiger partial charge in [-0.15, -0.1) is 12.4 Å². The van der Waals surface area contributed by atoms with Crippen molar-refractivity contribution < 1.29 is 8.42 Å². The van der Waals surface area contributed by atoms with Crippen LogP contribution in [0.15, 0.2) is 0 Å². The van der Waals surface area contributed by atoms with Gasteiger partial charge in [-0.2, -0.15) is 0 Å². The summed E-state index contributed by atoms with van der Waals surface area (Å²) in [7, 11) is -2.72. The lowest BCUT2D eigenvalue weighted by molar-refractivity contribution is 0.378. The van der Waals surface area contributed by atoms with Crippen molar-refractivity contribution in [2.45, 2.75) is 6.92 Å². The van der Waals surface area contributed by atoms with Crippen LogP contribution in [-0.4, -0.2) is 33.0 Å². The molecule has 1 aliphatic heterocycles. The highest BCUT2D eigenvalue weighted by Crippen LogP contribution is 2.06. The van der Waals surface area contributed by atoms with Gasteiger partial charge in [-0.1, -0.05) is 6.92 Å². The van der Waals surface area contributed by atoms with Gasteiger partial charge in [0.25, 0.3) is 0 Å². The van der Waals surface area contributed by atoms with Crippen molar-refractivity contribution in [1.29, 1.82) is 0 Å². The Labute approximate surface area is 73.9 Å². The van der Waals surface area contributed by atoms with E-state index in [0.29, 0.717) is 11.7 Å². The second-order valence-electron chi connectivity index (χ2n) is 2.72. The van der Waals surface area contributed by atoms with Gasteiger partial charge < -0.3 is 5.32 Å². The van der Waals surface area contributed by atoms with Gasteiger partial charge in [0.1, 0.15) is 9.84 Å². The highest BCUT2D eigenvalue weighted by Gasteiger charge is 2.22. The molecule has 0 aromatic heterocycles. The fraction of sp³-hybridized carbons (Fsp3) is 1.00. The Balaban J connectivity index is 0.000001000. The van der Waals surface area contributed by atoms with Crippen LogP contribution in [0.2, 0.25) is 0 Å². The van der Waals surface area contributed by atoms with Crippen molar-refractivity contribution in [2.75, 3.05) is 24.6 Å². The quantitative estimate of drug-likeness (QED) is 0.700. The maximum Gasteiger partial charge on any atom is 0.150 e. The first kappa shape index (κ1) is 11.2. The predicted octanol–water partition coefficient (Wildman–Crippen LogP) is 0.0623. The second-order valence-corrected chi connectivity index (χ2v) is 5.12. The van der Waals surface area contributed by atoms with Crippen LogP contribution in [0.1, 0.15) is 6.92 Å². The lowest BCUT2D eigenvalue weighted by Gasteiger charge is -2.26. The fourth-order valence-electron chi connectivity index (χ4n) is 0.943. The number of sulfone groups is 1. The third kappa shape index (κ3) is 3.40. The van der Waals surface area contributed by atoms with E-state index in [1.54, 1.807) is 6.92 Å². The van der Waals surface area contributed by atoms with E-state index in [1.807, 2.05) is 0 Å². The summed E-state index contributed by atoms with van der Waals surface area (Å²) in [5.74, 6) is 1.03. The molecule has 0 spiro atoms. The monoisotopic (exact) mass is 199 g/mol. The molecule has 1 saturated heterocycles. The van der Waals surface area contributed by atoms with E-state index in [0.717, 1.165) is 13.1 Å². The molecule has 1 aliphatic rings. The fourth-order valence-corrected chi connectivity index (χ4v) is 2.13. The minimum absolute atomic E-state index is 0. The van der Waals surface area contributed by atoms with E-state index >= 15 is 0 Å². The Morgan fingerprint density at radius 2 is 2.00 bits per heavy atom. The van der Waals surface area contributed by atoms with Gasteiger partial charge in [0.05, 0.1) is 5.75 Å². The number of hydrogen-bond acceptors (Lipinski definition) is 3. The summed E-state index contributed by atoms with van der Waals surface area (Å²) in [4.78, 5) is 0. The van der Waals surface area contributed by atoms with E-state index < -0.39 is 9.84 Å². The number of rotatable bonds is 3. The van der Waals surface area contributed by atoms with Gasteiger partial charge in [-0.25, -0.2) is 8.42 Å². The lowest BCUT2D eigenvalue weighted by atomic mass is 10.1. The van der Waals surface area contributed by atoms with Gasteiger partial charge in [0.2, 0.25) is 0 Å². The van der Waals surface area contributed by atoms with E-state index in [1.165, 1.54) is 0 Å². The summed E-state index contributed by atoms with van der Waals surface area (Å²) in [5, 5.41) is 3.04. The average molecular weight is 200 g/mol. The molecule has 5 heteroatoms. The highest BCUT2D eigenvalue weighted by molar-refractivity contribution is 7.91. The van der Waals surface area contributed by atoms with Crippen molar-refractivity contribution in [1.82, 2.24) is 5.32 Å². The smallest absolute Gasteiger partial charge is 0.150 e. The average Bonchev–Trinajstić information content (AvgIpc) is 1.80. The number of nitrogens with one attached hydrogen (secondary N) is 1. The molecule has 0 saturated carbocycles. The molecule has 0 amide bonds. The Hall–Kier alpha value is 0.200. The van der Waals surface area contributed by atoms with Crippen LogP contribution in [0.5, 0.6) is 0 Å². The SMILES string of the molecule is CCS(=O)(=O)CC1CNC1.Cl. The summed E-state index contributed by atoms with van der Waals surface area (Å²) in [6.45, 7) is 3.44. The molecule has 1 rings (SSSR count). The largest absolute Gasteiger partial charge is 0.316 e. The predicted molar refractivity (Wildman–Crippen MR) is 47.9 cm³/mol. The molecular formula is C6H14ClNO2S. The third-order valence-corrected chi connectivity index (χ3v) is 3.65. The van der Waals surface area contributed by atoms with E-state index in [4.69, 9.17) is 0 Å². The minimum Gasteiger partial charge on any atom is -0.316 e.